The van der Waals surface area contributed by atoms with Crippen LogP contribution in [0.2, 0.25) is 0 Å². The van der Waals surface area contributed by atoms with Crippen molar-refractivity contribution >= 4 is 0 Å². The summed E-state index contributed by atoms with van der Waals surface area (Å²) in [5, 5.41) is 10.2. The zero-order valence-electron chi connectivity index (χ0n) is 18.7. The average Bonchev–Trinajstić information content (AvgIpc) is 3.49. The summed E-state index contributed by atoms with van der Waals surface area (Å²) in [5.41, 5.74) is 2.64. The molecule has 4 heteroatoms. The first kappa shape index (κ1) is 21.0. The van der Waals surface area contributed by atoms with Crippen molar-refractivity contribution in [3.05, 3.63) is 65.7 Å². The van der Waals surface area contributed by atoms with Gasteiger partial charge in [0.05, 0.1) is 19.8 Å². The number of nitrogens with zero attached hydrogens (tertiary/aromatic N) is 2. The summed E-state index contributed by atoms with van der Waals surface area (Å²) in [6, 6.07) is 20.6. The second kappa shape index (κ2) is 9.32. The van der Waals surface area contributed by atoms with E-state index in [1.165, 1.54) is 56.3 Å². The minimum Gasteiger partial charge on any atom is -0.496 e. The van der Waals surface area contributed by atoms with Crippen LogP contribution >= 0.6 is 0 Å². The summed E-state index contributed by atoms with van der Waals surface area (Å²) >= 11 is 0. The molecule has 3 unspecified atom stereocenters. The lowest BCUT2D eigenvalue weighted by molar-refractivity contribution is 0.0939. The van der Waals surface area contributed by atoms with Crippen LogP contribution < -0.4 is 4.74 Å². The second-order valence-corrected chi connectivity index (χ2v) is 9.58. The van der Waals surface area contributed by atoms with Gasteiger partial charge in [-0.1, -0.05) is 48.5 Å². The molecule has 2 aliphatic heterocycles. The van der Waals surface area contributed by atoms with Crippen LogP contribution in [-0.2, 0) is 0 Å². The maximum absolute atomic E-state index is 10.2. The molecule has 31 heavy (non-hydrogen) atoms. The van der Waals surface area contributed by atoms with Gasteiger partial charge in [0.25, 0.3) is 0 Å². The lowest BCUT2D eigenvalue weighted by Gasteiger charge is -2.36. The van der Waals surface area contributed by atoms with Crippen molar-refractivity contribution in [1.82, 2.24) is 9.80 Å². The number of piperidine rings is 1. The molecule has 0 spiro atoms. The van der Waals surface area contributed by atoms with E-state index in [2.05, 4.69) is 64.4 Å². The third-order valence-corrected chi connectivity index (χ3v) is 7.98. The fourth-order valence-electron chi connectivity index (χ4n) is 6.32. The number of methoxy groups -OCH3 is 1. The number of rotatable bonds is 7. The molecule has 0 aromatic heterocycles. The van der Waals surface area contributed by atoms with Crippen LogP contribution in [0.25, 0.3) is 0 Å². The fourth-order valence-corrected chi connectivity index (χ4v) is 6.32. The molecule has 4 atom stereocenters. The molecule has 1 saturated carbocycles. The van der Waals surface area contributed by atoms with Gasteiger partial charge in [0.1, 0.15) is 5.75 Å². The molecule has 0 amide bonds. The van der Waals surface area contributed by atoms with Gasteiger partial charge in [-0.25, -0.2) is 0 Å². The molecule has 5 rings (SSSR count). The van der Waals surface area contributed by atoms with E-state index < -0.39 is 0 Å². The Morgan fingerprint density at radius 3 is 2.42 bits per heavy atom. The van der Waals surface area contributed by atoms with Crippen LogP contribution in [0.15, 0.2) is 54.6 Å². The first-order chi connectivity index (χ1) is 15.3. The third kappa shape index (κ3) is 4.26. The quantitative estimate of drug-likeness (QED) is 0.717. The maximum atomic E-state index is 10.2. The molecule has 0 radical (unpaired) electrons. The highest BCUT2D eigenvalue weighted by Crippen LogP contribution is 2.47. The summed E-state index contributed by atoms with van der Waals surface area (Å²) in [7, 11) is 1.78. The summed E-state index contributed by atoms with van der Waals surface area (Å²) in [6.07, 6.45) is 6.31. The van der Waals surface area contributed by atoms with E-state index in [1.807, 2.05) is 0 Å². The SMILES string of the molecule is COc1ccccc1C1CCN(C2CC2C2CCCN2[C@H](CO)c2ccccc2)CC1. The Bertz CT molecular complexity index is 849. The van der Waals surface area contributed by atoms with Crippen molar-refractivity contribution in [3.8, 4) is 5.75 Å². The monoisotopic (exact) mass is 420 g/mol. The molecular formula is C27H36N2O2. The van der Waals surface area contributed by atoms with Gasteiger partial charge >= 0.3 is 0 Å². The Labute approximate surface area is 186 Å². The molecule has 3 fully saturated rings. The second-order valence-electron chi connectivity index (χ2n) is 9.58. The number of hydrogen-bond donors (Lipinski definition) is 1. The minimum atomic E-state index is 0.145. The first-order valence-corrected chi connectivity index (χ1v) is 12.1. The molecule has 2 aromatic carbocycles. The van der Waals surface area contributed by atoms with Gasteiger partial charge in [-0.3, -0.25) is 9.80 Å². The Balaban J connectivity index is 1.20. The van der Waals surface area contributed by atoms with E-state index in [9.17, 15) is 5.11 Å². The van der Waals surface area contributed by atoms with Crippen LogP contribution in [0, 0.1) is 5.92 Å². The van der Waals surface area contributed by atoms with Gasteiger partial charge in [0, 0.05) is 12.1 Å². The first-order valence-electron chi connectivity index (χ1n) is 12.1. The molecule has 2 saturated heterocycles. The smallest absolute Gasteiger partial charge is 0.122 e. The van der Waals surface area contributed by atoms with Gasteiger partial charge in [0.2, 0.25) is 0 Å². The Morgan fingerprint density at radius 1 is 0.935 bits per heavy atom. The number of para-hydroxylation sites is 1. The van der Waals surface area contributed by atoms with E-state index in [0.29, 0.717) is 12.0 Å². The number of aliphatic hydroxyl groups excluding tert-OH is 1. The highest BCUT2D eigenvalue weighted by atomic mass is 16.5. The summed E-state index contributed by atoms with van der Waals surface area (Å²) in [5.74, 6) is 2.43. The molecule has 166 valence electrons. The Hall–Kier alpha value is -1.88. The number of benzene rings is 2. The number of hydrogen-bond acceptors (Lipinski definition) is 4. The number of likely N-dealkylation sites (tertiary alicyclic amines) is 2. The van der Waals surface area contributed by atoms with Crippen LogP contribution in [0.1, 0.15) is 55.2 Å². The van der Waals surface area contributed by atoms with E-state index in [0.717, 1.165) is 24.3 Å². The van der Waals surface area contributed by atoms with E-state index in [1.54, 1.807) is 7.11 Å². The van der Waals surface area contributed by atoms with Gasteiger partial charge in [0.15, 0.2) is 0 Å². The summed E-state index contributed by atoms with van der Waals surface area (Å²) in [4.78, 5) is 5.37. The van der Waals surface area contributed by atoms with Gasteiger partial charge in [-0.2, -0.15) is 0 Å². The van der Waals surface area contributed by atoms with Crippen LogP contribution in [0.3, 0.4) is 0 Å². The van der Waals surface area contributed by atoms with E-state index >= 15 is 0 Å². The Kier molecular flexibility index (Phi) is 6.31. The fraction of sp³-hybridized carbons (Fsp3) is 0.556. The molecular weight excluding hydrogens is 384 g/mol. The van der Waals surface area contributed by atoms with E-state index in [-0.39, 0.29) is 12.6 Å². The molecule has 4 nitrogen and oxygen atoms in total. The largest absolute Gasteiger partial charge is 0.496 e. The summed E-state index contributed by atoms with van der Waals surface area (Å²) < 4.78 is 5.61. The third-order valence-electron chi connectivity index (χ3n) is 7.98. The molecule has 1 aliphatic carbocycles. The van der Waals surface area contributed by atoms with Crippen molar-refractivity contribution in [2.45, 2.75) is 56.1 Å². The van der Waals surface area contributed by atoms with Gasteiger partial charge in [-0.05, 0) is 80.8 Å². The van der Waals surface area contributed by atoms with Crippen molar-refractivity contribution in [3.63, 3.8) is 0 Å². The lowest BCUT2D eigenvalue weighted by atomic mass is 9.88. The standard InChI is InChI=1S/C27H36N2O2/c1-31-27-12-6-5-10-22(27)20-13-16-28(17-14-20)25-18-23(25)24-11-7-15-29(24)26(19-30)21-8-3-2-4-9-21/h2-6,8-10,12,20,23-26,30H,7,11,13-19H2,1H3/t23?,24?,25?,26-/m1/s1. The van der Waals surface area contributed by atoms with Gasteiger partial charge < -0.3 is 9.84 Å². The topological polar surface area (TPSA) is 35.9 Å². The van der Waals surface area contributed by atoms with E-state index in [4.69, 9.17) is 4.74 Å². The lowest BCUT2D eigenvalue weighted by Crippen LogP contribution is -2.41. The molecule has 1 N–H and O–H groups in total. The van der Waals surface area contributed by atoms with Crippen molar-refractivity contribution in [1.29, 1.82) is 0 Å². The molecule has 3 aliphatic rings. The number of aliphatic hydroxyl groups is 1. The minimum absolute atomic E-state index is 0.145. The normalized spacial score (nSPS) is 28.5. The van der Waals surface area contributed by atoms with Crippen molar-refractivity contribution in [2.24, 2.45) is 5.92 Å². The van der Waals surface area contributed by atoms with Gasteiger partial charge in [-0.15, -0.1) is 0 Å². The van der Waals surface area contributed by atoms with Crippen LogP contribution in [0.4, 0.5) is 0 Å². The highest BCUT2D eigenvalue weighted by Gasteiger charge is 2.51. The molecule has 0 bridgehead atoms. The number of ether oxygens (including phenoxy) is 1. The van der Waals surface area contributed by atoms with Crippen LogP contribution in [-0.4, -0.2) is 60.3 Å². The van der Waals surface area contributed by atoms with Crippen molar-refractivity contribution in [2.75, 3.05) is 33.4 Å². The highest BCUT2D eigenvalue weighted by molar-refractivity contribution is 5.36. The molecule has 2 heterocycles. The Morgan fingerprint density at radius 2 is 1.68 bits per heavy atom. The summed E-state index contributed by atoms with van der Waals surface area (Å²) in [6.45, 7) is 3.71. The molecule has 2 aromatic rings. The predicted molar refractivity (Wildman–Crippen MR) is 124 cm³/mol. The zero-order valence-corrected chi connectivity index (χ0v) is 18.7. The zero-order chi connectivity index (χ0) is 21.2. The predicted octanol–water partition coefficient (Wildman–Crippen LogP) is 4.46. The maximum Gasteiger partial charge on any atom is 0.122 e. The average molecular weight is 421 g/mol. The van der Waals surface area contributed by atoms with Crippen molar-refractivity contribution < 1.29 is 9.84 Å². The van der Waals surface area contributed by atoms with Crippen LogP contribution in [0.5, 0.6) is 5.75 Å².